The van der Waals surface area contributed by atoms with E-state index in [0.29, 0.717) is 0 Å². The van der Waals surface area contributed by atoms with Gasteiger partial charge in [0.05, 0.1) is 11.4 Å². The molecule has 0 atom stereocenters. The fourth-order valence-electron chi connectivity index (χ4n) is 2.59. The molecule has 24 heavy (non-hydrogen) atoms. The molecule has 5 heteroatoms. The molecule has 0 radical (unpaired) electrons. The summed E-state index contributed by atoms with van der Waals surface area (Å²) in [5.74, 6) is 0. The minimum atomic E-state index is -3.50. The van der Waals surface area contributed by atoms with Crippen LogP contribution in [-0.2, 0) is 23.1 Å². The zero-order valence-corrected chi connectivity index (χ0v) is 14.3. The van der Waals surface area contributed by atoms with Crippen LogP contribution in [0.15, 0.2) is 77.8 Å². The fraction of sp³-hybridized carbons (Fsp3) is 0.158. The van der Waals surface area contributed by atoms with Crippen molar-refractivity contribution >= 4 is 10.0 Å². The molecular weight excluding hydrogens is 320 g/mol. The van der Waals surface area contributed by atoms with E-state index >= 15 is 0 Å². The van der Waals surface area contributed by atoms with E-state index in [9.17, 15) is 8.42 Å². The van der Waals surface area contributed by atoms with Gasteiger partial charge in [0.2, 0.25) is 10.0 Å². The maximum absolute atomic E-state index is 12.3. The van der Waals surface area contributed by atoms with Crippen molar-refractivity contribution in [2.75, 3.05) is 0 Å². The first-order valence-electron chi connectivity index (χ1n) is 7.79. The predicted octanol–water partition coefficient (Wildman–Crippen LogP) is 3.32. The Morgan fingerprint density at radius 3 is 2.38 bits per heavy atom. The highest BCUT2D eigenvalue weighted by Gasteiger charge is 2.14. The molecule has 0 bridgehead atoms. The fourth-order valence-corrected chi connectivity index (χ4v) is 3.61. The molecule has 2 aromatic carbocycles. The topological polar surface area (TPSA) is 51.1 Å². The number of rotatable bonds is 6. The Morgan fingerprint density at radius 2 is 1.62 bits per heavy atom. The molecular formula is C19H20N2O2S. The number of nitrogens with zero attached hydrogens (tertiary/aromatic N) is 1. The van der Waals surface area contributed by atoms with E-state index in [1.807, 2.05) is 30.5 Å². The summed E-state index contributed by atoms with van der Waals surface area (Å²) in [5, 5.41) is 0. The molecule has 0 unspecified atom stereocenters. The lowest BCUT2D eigenvalue weighted by atomic mass is 10.1. The molecule has 1 heterocycles. The van der Waals surface area contributed by atoms with Crippen molar-refractivity contribution < 1.29 is 8.42 Å². The maximum atomic E-state index is 12.3. The Bertz CT molecular complexity index is 915. The lowest BCUT2D eigenvalue weighted by Gasteiger charge is -2.12. The molecule has 0 saturated heterocycles. The molecule has 0 fully saturated rings. The Labute approximate surface area is 142 Å². The Kier molecular flexibility index (Phi) is 4.83. The van der Waals surface area contributed by atoms with Crippen molar-refractivity contribution in [3.63, 3.8) is 0 Å². The lowest BCUT2D eigenvalue weighted by molar-refractivity contribution is 0.578. The van der Waals surface area contributed by atoms with E-state index < -0.39 is 10.0 Å². The summed E-state index contributed by atoms with van der Waals surface area (Å²) in [6.45, 7) is 3.06. The number of sulfonamides is 1. The van der Waals surface area contributed by atoms with Crippen LogP contribution in [0.4, 0.5) is 0 Å². The predicted molar refractivity (Wildman–Crippen MR) is 95.2 cm³/mol. The molecule has 0 aliphatic rings. The minimum Gasteiger partial charge on any atom is -0.346 e. The molecule has 0 aliphatic carbocycles. The van der Waals surface area contributed by atoms with Gasteiger partial charge in [0, 0.05) is 18.4 Å². The highest BCUT2D eigenvalue weighted by Crippen LogP contribution is 2.13. The Morgan fingerprint density at radius 1 is 0.917 bits per heavy atom. The van der Waals surface area contributed by atoms with Gasteiger partial charge in [0.25, 0.3) is 0 Å². The van der Waals surface area contributed by atoms with Crippen LogP contribution in [0.1, 0.15) is 16.8 Å². The maximum Gasteiger partial charge on any atom is 0.240 e. The van der Waals surface area contributed by atoms with Gasteiger partial charge in [-0.05, 0) is 42.3 Å². The van der Waals surface area contributed by atoms with Crippen LogP contribution < -0.4 is 4.72 Å². The largest absolute Gasteiger partial charge is 0.346 e. The smallest absolute Gasteiger partial charge is 0.240 e. The van der Waals surface area contributed by atoms with Crippen molar-refractivity contribution in [3.05, 3.63) is 89.7 Å². The second-order valence-electron chi connectivity index (χ2n) is 5.69. The van der Waals surface area contributed by atoms with E-state index in [2.05, 4.69) is 28.3 Å². The summed E-state index contributed by atoms with van der Waals surface area (Å²) in [5.41, 5.74) is 3.38. The van der Waals surface area contributed by atoms with Crippen LogP contribution in [0.5, 0.6) is 0 Å². The Hall–Kier alpha value is -2.37. The van der Waals surface area contributed by atoms with E-state index in [4.69, 9.17) is 0 Å². The van der Waals surface area contributed by atoms with Crippen molar-refractivity contribution in [3.8, 4) is 0 Å². The van der Waals surface area contributed by atoms with Crippen LogP contribution in [0.3, 0.4) is 0 Å². The SMILES string of the molecule is Cc1ccccc1Cn1cccc1CNS(=O)(=O)c1ccccc1. The molecule has 124 valence electrons. The molecule has 4 nitrogen and oxygen atoms in total. The normalized spacial score (nSPS) is 11.5. The molecule has 3 aromatic rings. The van der Waals surface area contributed by atoms with Crippen LogP contribution in [0.25, 0.3) is 0 Å². The van der Waals surface area contributed by atoms with E-state index in [0.717, 1.165) is 12.2 Å². The number of hydrogen-bond acceptors (Lipinski definition) is 2. The van der Waals surface area contributed by atoms with Gasteiger partial charge >= 0.3 is 0 Å². The van der Waals surface area contributed by atoms with Crippen LogP contribution in [-0.4, -0.2) is 13.0 Å². The van der Waals surface area contributed by atoms with Gasteiger partial charge in [0.15, 0.2) is 0 Å². The lowest BCUT2D eigenvalue weighted by Crippen LogP contribution is -2.24. The third-order valence-electron chi connectivity index (χ3n) is 4.02. The first-order valence-corrected chi connectivity index (χ1v) is 9.28. The number of nitrogens with one attached hydrogen (secondary N) is 1. The highest BCUT2D eigenvalue weighted by atomic mass is 32.2. The monoisotopic (exact) mass is 340 g/mol. The zero-order chi connectivity index (χ0) is 17.0. The third-order valence-corrected chi connectivity index (χ3v) is 5.44. The summed E-state index contributed by atoms with van der Waals surface area (Å²) in [4.78, 5) is 0.280. The van der Waals surface area contributed by atoms with Crippen molar-refractivity contribution in [2.24, 2.45) is 0 Å². The number of hydrogen-bond donors (Lipinski definition) is 1. The van der Waals surface area contributed by atoms with E-state index in [1.165, 1.54) is 11.1 Å². The van der Waals surface area contributed by atoms with Gasteiger partial charge in [0.1, 0.15) is 0 Å². The van der Waals surface area contributed by atoms with Crippen molar-refractivity contribution in [2.45, 2.75) is 24.9 Å². The van der Waals surface area contributed by atoms with Gasteiger partial charge < -0.3 is 4.57 Å². The zero-order valence-electron chi connectivity index (χ0n) is 13.5. The average molecular weight is 340 g/mol. The van der Waals surface area contributed by atoms with Gasteiger partial charge in [-0.15, -0.1) is 0 Å². The van der Waals surface area contributed by atoms with Crippen LogP contribution in [0, 0.1) is 6.92 Å². The number of benzene rings is 2. The van der Waals surface area contributed by atoms with Crippen molar-refractivity contribution in [1.82, 2.24) is 9.29 Å². The molecule has 1 aromatic heterocycles. The van der Waals surface area contributed by atoms with Gasteiger partial charge in [-0.2, -0.15) is 0 Å². The van der Waals surface area contributed by atoms with Crippen molar-refractivity contribution in [1.29, 1.82) is 0 Å². The summed E-state index contributed by atoms with van der Waals surface area (Å²) in [7, 11) is -3.50. The molecule has 0 aliphatic heterocycles. The number of aromatic nitrogens is 1. The van der Waals surface area contributed by atoms with Crippen LogP contribution >= 0.6 is 0 Å². The molecule has 0 saturated carbocycles. The minimum absolute atomic E-state index is 0.260. The van der Waals surface area contributed by atoms with E-state index in [1.54, 1.807) is 30.3 Å². The second-order valence-corrected chi connectivity index (χ2v) is 7.46. The summed E-state index contributed by atoms with van der Waals surface area (Å²) < 4.78 is 29.4. The standard InChI is InChI=1S/C19H20N2O2S/c1-16-8-5-6-9-17(16)15-21-13-7-10-18(21)14-20-24(22,23)19-11-3-2-4-12-19/h2-13,20H,14-15H2,1H3. The van der Waals surface area contributed by atoms with Gasteiger partial charge in [-0.25, -0.2) is 13.1 Å². The molecule has 0 spiro atoms. The number of aryl methyl sites for hydroxylation is 1. The first-order chi connectivity index (χ1) is 11.6. The van der Waals surface area contributed by atoms with Gasteiger partial charge in [-0.3, -0.25) is 0 Å². The second kappa shape index (κ2) is 7.03. The first kappa shape index (κ1) is 16.5. The molecule has 3 rings (SSSR count). The average Bonchev–Trinajstić information content (AvgIpc) is 3.03. The van der Waals surface area contributed by atoms with E-state index in [-0.39, 0.29) is 11.4 Å². The van der Waals surface area contributed by atoms with Gasteiger partial charge in [-0.1, -0.05) is 42.5 Å². The Balaban J connectivity index is 1.74. The highest BCUT2D eigenvalue weighted by molar-refractivity contribution is 7.89. The molecule has 0 amide bonds. The quantitative estimate of drug-likeness (QED) is 0.748. The third kappa shape index (κ3) is 3.75. The summed E-state index contributed by atoms with van der Waals surface area (Å²) in [6, 6.07) is 20.5. The van der Waals surface area contributed by atoms with Crippen LogP contribution in [0.2, 0.25) is 0 Å². The summed E-state index contributed by atoms with van der Waals surface area (Å²) >= 11 is 0. The molecule has 1 N–H and O–H groups in total. The summed E-state index contributed by atoms with van der Waals surface area (Å²) in [6.07, 6.45) is 1.97.